The summed E-state index contributed by atoms with van der Waals surface area (Å²) < 4.78 is 28.5. The molecule has 0 bridgehead atoms. The summed E-state index contributed by atoms with van der Waals surface area (Å²) in [5.41, 5.74) is 0. The van der Waals surface area contributed by atoms with Crippen LogP contribution in [0.4, 0.5) is 0 Å². The second-order valence-corrected chi connectivity index (χ2v) is 7.64. The lowest BCUT2D eigenvalue weighted by molar-refractivity contribution is 0.275. The lowest BCUT2D eigenvalue weighted by Gasteiger charge is -2.33. The van der Waals surface area contributed by atoms with Crippen LogP contribution in [0.5, 0.6) is 0 Å². The molecule has 0 aromatic carbocycles. The van der Waals surface area contributed by atoms with Gasteiger partial charge in [-0.3, -0.25) is 0 Å². The van der Waals surface area contributed by atoms with E-state index in [2.05, 4.69) is 19.2 Å². The number of piperazine rings is 1. The van der Waals surface area contributed by atoms with E-state index in [1.165, 1.54) is 0 Å². The van der Waals surface area contributed by atoms with Crippen molar-refractivity contribution in [3.63, 3.8) is 0 Å². The Morgan fingerprint density at radius 3 is 2.21 bits per heavy atom. The average molecular weight is 292 g/mol. The maximum absolute atomic E-state index is 12.6. The molecule has 0 spiro atoms. The molecule has 0 saturated carbocycles. The average Bonchev–Trinajstić information content (AvgIpc) is 2.34. The minimum Gasteiger partial charge on any atom is -0.314 e. The molecule has 0 aromatic heterocycles. The molecular weight excluding hydrogens is 264 g/mol. The third-order valence-electron chi connectivity index (χ3n) is 3.09. The van der Waals surface area contributed by atoms with E-state index >= 15 is 0 Å². The van der Waals surface area contributed by atoms with Gasteiger partial charge in [-0.25, -0.2) is 0 Å². The van der Waals surface area contributed by atoms with Gasteiger partial charge in [0.15, 0.2) is 0 Å². The second kappa shape index (κ2) is 7.54. The lowest BCUT2D eigenvalue weighted by Crippen LogP contribution is -2.53. The van der Waals surface area contributed by atoms with E-state index in [-0.39, 0.29) is 0 Å². The molecule has 0 aromatic rings. The van der Waals surface area contributed by atoms with Crippen LogP contribution in [-0.4, -0.2) is 81.8 Å². The summed E-state index contributed by atoms with van der Waals surface area (Å²) in [4.78, 5) is 2.01. The quantitative estimate of drug-likeness (QED) is 0.697. The number of likely N-dealkylation sites (N-methyl/N-ethyl adjacent to an activating group) is 1. The van der Waals surface area contributed by atoms with E-state index in [0.29, 0.717) is 32.1 Å². The van der Waals surface area contributed by atoms with Gasteiger partial charge in [-0.05, 0) is 20.0 Å². The number of nitrogens with one attached hydrogen (secondary N) is 1. The third kappa shape index (κ3) is 5.35. The Hall–Kier alpha value is -0.210. The highest BCUT2D eigenvalue weighted by Crippen LogP contribution is 2.12. The molecule has 0 radical (unpaired) electrons. The molecule has 1 fully saturated rings. The fourth-order valence-electron chi connectivity index (χ4n) is 2.06. The van der Waals surface area contributed by atoms with Gasteiger partial charge in [-0.15, -0.1) is 0 Å². The van der Waals surface area contributed by atoms with Crippen LogP contribution in [0.2, 0.25) is 0 Å². The van der Waals surface area contributed by atoms with Crippen molar-refractivity contribution in [1.82, 2.24) is 18.8 Å². The Morgan fingerprint density at radius 1 is 1.16 bits per heavy atom. The smallest absolute Gasteiger partial charge is 0.282 e. The van der Waals surface area contributed by atoms with Gasteiger partial charge in [0.1, 0.15) is 0 Å². The maximum atomic E-state index is 12.6. The van der Waals surface area contributed by atoms with E-state index in [1.54, 1.807) is 8.61 Å². The summed E-state index contributed by atoms with van der Waals surface area (Å²) in [6.45, 7) is 8.60. The lowest BCUT2D eigenvalue weighted by atomic mass is 10.2. The number of hydrogen-bond acceptors (Lipinski definition) is 4. The van der Waals surface area contributed by atoms with Gasteiger partial charge < -0.3 is 10.2 Å². The summed E-state index contributed by atoms with van der Waals surface area (Å²) in [7, 11) is 0.612. The zero-order chi connectivity index (χ0) is 14.5. The van der Waals surface area contributed by atoms with Crippen LogP contribution < -0.4 is 5.32 Å². The van der Waals surface area contributed by atoms with E-state index in [0.717, 1.165) is 19.6 Å². The minimum absolute atomic E-state index is 0.333. The molecule has 6 nitrogen and oxygen atoms in total. The van der Waals surface area contributed by atoms with Gasteiger partial charge in [0.2, 0.25) is 0 Å². The largest absolute Gasteiger partial charge is 0.314 e. The zero-order valence-corrected chi connectivity index (χ0v) is 13.4. The summed E-state index contributed by atoms with van der Waals surface area (Å²) in [6, 6.07) is 0. The third-order valence-corrected chi connectivity index (χ3v) is 5.10. The molecule has 1 rings (SSSR count). The topological polar surface area (TPSA) is 55.9 Å². The first kappa shape index (κ1) is 16.8. The van der Waals surface area contributed by atoms with Gasteiger partial charge in [-0.2, -0.15) is 17.0 Å². The monoisotopic (exact) mass is 292 g/mol. The van der Waals surface area contributed by atoms with Crippen LogP contribution in [0, 0.1) is 5.92 Å². The molecule has 1 N–H and O–H groups in total. The van der Waals surface area contributed by atoms with Crippen molar-refractivity contribution in [3.05, 3.63) is 0 Å². The SMILES string of the molecule is CC(C)CN(CCN(C)C)S(=O)(=O)N1CCNCC1. The summed E-state index contributed by atoms with van der Waals surface area (Å²) >= 11 is 0. The van der Waals surface area contributed by atoms with Crippen LogP contribution in [0.1, 0.15) is 13.8 Å². The van der Waals surface area contributed by atoms with Crippen molar-refractivity contribution in [2.45, 2.75) is 13.8 Å². The zero-order valence-electron chi connectivity index (χ0n) is 12.6. The van der Waals surface area contributed by atoms with Crippen molar-refractivity contribution >= 4 is 10.2 Å². The molecule has 1 aliphatic heterocycles. The highest BCUT2D eigenvalue weighted by Gasteiger charge is 2.30. The minimum atomic E-state index is -3.31. The molecule has 19 heavy (non-hydrogen) atoms. The van der Waals surface area contributed by atoms with Gasteiger partial charge in [-0.1, -0.05) is 13.8 Å². The van der Waals surface area contributed by atoms with Crippen molar-refractivity contribution in [3.8, 4) is 0 Å². The highest BCUT2D eigenvalue weighted by molar-refractivity contribution is 7.86. The van der Waals surface area contributed by atoms with Gasteiger partial charge in [0.25, 0.3) is 10.2 Å². The molecule has 0 unspecified atom stereocenters. The standard InChI is InChI=1S/C12H28N4O2S/c1-12(2)11-16(10-9-14(3)4)19(17,18)15-7-5-13-6-8-15/h12-13H,5-11H2,1-4H3. The van der Waals surface area contributed by atoms with Crippen molar-refractivity contribution in [2.75, 3.05) is 59.9 Å². The molecule has 1 heterocycles. The van der Waals surface area contributed by atoms with Crippen LogP contribution >= 0.6 is 0 Å². The van der Waals surface area contributed by atoms with Crippen molar-refractivity contribution in [2.24, 2.45) is 5.92 Å². The molecule has 114 valence electrons. The molecule has 0 atom stereocenters. The van der Waals surface area contributed by atoms with Gasteiger partial charge >= 0.3 is 0 Å². The summed E-state index contributed by atoms with van der Waals surface area (Å²) in [5.74, 6) is 0.333. The van der Waals surface area contributed by atoms with E-state index < -0.39 is 10.2 Å². The molecule has 7 heteroatoms. The molecule has 0 aliphatic carbocycles. The normalized spacial score (nSPS) is 18.7. The van der Waals surface area contributed by atoms with Crippen LogP contribution in [0.15, 0.2) is 0 Å². The Labute approximate surface area is 117 Å². The van der Waals surface area contributed by atoms with Crippen molar-refractivity contribution < 1.29 is 8.42 Å². The number of hydrogen-bond donors (Lipinski definition) is 1. The van der Waals surface area contributed by atoms with E-state index in [4.69, 9.17) is 0 Å². The van der Waals surface area contributed by atoms with Crippen molar-refractivity contribution in [1.29, 1.82) is 0 Å². The fraction of sp³-hybridized carbons (Fsp3) is 1.00. The van der Waals surface area contributed by atoms with E-state index in [1.807, 2.05) is 19.0 Å². The number of rotatable bonds is 7. The summed E-state index contributed by atoms with van der Waals surface area (Å²) in [6.07, 6.45) is 0. The maximum Gasteiger partial charge on any atom is 0.282 e. The molecular formula is C12H28N4O2S. The Balaban J connectivity index is 2.75. The first-order chi connectivity index (χ1) is 8.84. The Kier molecular flexibility index (Phi) is 6.68. The molecule has 1 saturated heterocycles. The van der Waals surface area contributed by atoms with Crippen LogP contribution in [-0.2, 0) is 10.2 Å². The van der Waals surface area contributed by atoms with Gasteiger partial charge in [0, 0.05) is 45.8 Å². The summed E-state index contributed by atoms with van der Waals surface area (Å²) in [5, 5.41) is 3.18. The first-order valence-electron chi connectivity index (χ1n) is 6.94. The Morgan fingerprint density at radius 2 is 1.74 bits per heavy atom. The van der Waals surface area contributed by atoms with E-state index in [9.17, 15) is 8.42 Å². The van der Waals surface area contributed by atoms with Gasteiger partial charge in [0.05, 0.1) is 0 Å². The van der Waals surface area contributed by atoms with Crippen LogP contribution in [0.3, 0.4) is 0 Å². The second-order valence-electron chi connectivity index (χ2n) is 5.71. The highest BCUT2D eigenvalue weighted by atomic mass is 32.2. The molecule has 0 amide bonds. The fourth-order valence-corrected chi connectivity index (χ4v) is 3.83. The first-order valence-corrected chi connectivity index (χ1v) is 8.34. The van der Waals surface area contributed by atoms with Crippen LogP contribution in [0.25, 0.3) is 0 Å². The predicted octanol–water partition coefficient (Wildman–Crippen LogP) is -0.344. The Bertz CT molecular complexity index is 351. The predicted molar refractivity (Wildman–Crippen MR) is 78.3 cm³/mol. The number of nitrogens with zero attached hydrogens (tertiary/aromatic N) is 3. The molecule has 1 aliphatic rings.